The van der Waals surface area contributed by atoms with Crippen molar-refractivity contribution in [2.75, 3.05) is 0 Å². The maximum atomic E-state index is 12.1. The zero-order valence-electron chi connectivity index (χ0n) is 12.7. The van der Waals surface area contributed by atoms with Crippen LogP contribution in [0.5, 0.6) is 11.6 Å². The van der Waals surface area contributed by atoms with Gasteiger partial charge in [0.25, 0.3) is 5.56 Å². The summed E-state index contributed by atoms with van der Waals surface area (Å²) in [5, 5.41) is 23.8. The Morgan fingerprint density at radius 1 is 1.29 bits per heavy atom. The molecule has 2 aromatic rings. The van der Waals surface area contributed by atoms with E-state index in [1.807, 2.05) is 0 Å². The quantitative estimate of drug-likeness (QED) is 0.612. The molecule has 0 saturated carbocycles. The molecule has 0 radical (unpaired) electrons. The van der Waals surface area contributed by atoms with Gasteiger partial charge in [0.15, 0.2) is 0 Å². The van der Waals surface area contributed by atoms with Crippen molar-refractivity contribution >= 4 is 5.71 Å². The summed E-state index contributed by atoms with van der Waals surface area (Å²) in [5.41, 5.74) is 2.69. The van der Waals surface area contributed by atoms with Gasteiger partial charge in [0.1, 0.15) is 11.3 Å². The van der Waals surface area contributed by atoms with Gasteiger partial charge in [0.2, 0.25) is 5.88 Å². The number of hydrogen-bond donors (Lipinski definition) is 4. The molecule has 124 valence electrons. The lowest BCUT2D eigenvalue weighted by molar-refractivity contribution is 0.409. The number of nitrogens with one attached hydrogen (secondary N) is 2. The Hall–Kier alpha value is -3.29. The molecule has 1 aromatic carbocycles. The molecule has 8 nitrogen and oxygen atoms in total. The van der Waals surface area contributed by atoms with Gasteiger partial charge in [-0.1, -0.05) is 18.2 Å². The Labute approximate surface area is 136 Å². The zero-order chi connectivity index (χ0) is 17.3. The maximum absolute atomic E-state index is 12.1. The van der Waals surface area contributed by atoms with Gasteiger partial charge in [-0.05, 0) is 17.7 Å². The van der Waals surface area contributed by atoms with Crippen LogP contribution >= 0.6 is 0 Å². The minimum absolute atomic E-state index is 0.0368. The molecule has 0 aliphatic carbocycles. The predicted molar refractivity (Wildman–Crippen MR) is 88.3 cm³/mol. The van der Waals surface area contributed by atoms with Crippen LogP contribution in [0, 0.1) is 0 Å². The second-order valence-electron chi connectivity index (χ2n) is 5.39. The van der Waals surface area contributed by atoms with E-state index in [1.165, 1.54) is 6.08 Å². The van der Waals surface area contributed by atoms with Crippen LogP contribution in [0.1, 0.15) is 23.6 Å². The standard InChI is InChI=1S/C16H16N4O4/c1-2-7-20-15(23)13(14(22)17-16(20)24)12-8-11(18-19-12)9-3-5-10(21)6-4-9/h2-6,11,18,21,23H,1,7-8H2,(H,17,22,24). The first-order chi connectivity index (χ1) is 11.5. The van der Waals surface area contributed by atoms with Crippen molar-refractivity contribution in [1.29, 1.82) is 0 Å². The minimum Gasteiger partial charge on any atom is -0.508 e. The first-order valence-corrected chi connectivity index (χ1v) is 7.29. The monoisotopic (exact) mass is 328 g/mol. The van der Waals surface area contributed by atoms with Crippen LogP contribution in [0.2, 0.25) is 0 Å². The summed E-state index contributed by atoms with van der Waals surface area (Å²) in [6.07, 6.45) is 1.80. The van der Waals surface area contributed by atoms with E-state index < -0.39 is 17.1 Å². The molecular formula is C16H16N4O4. The minimum atomic E-state index is -0.706. The van der Waals surface area contributed by atoms with Crippen LogP contribution in [-0.2, 0) is 6.54 Å². The van der Waals surface area contributed by atoms with Gasteiger partial charge in [0, 0.05) is 13.0 Å². The molecule has 1 aliphatic heterocycles. The topological polar surface area (TPSA) is 120 Å². The fourth-order valence-corrected chi connectivity index (χ4v) is 2.62. The molecule has 1 aromatic heterocycles. The van der Waals surface area contributed by atoms with Crippen LogP contribution in [0.4, 0.5) is 0 Å². The lowest BCUT2D eigenvalue weighted by Crippen LogP contribution is -2.33. The summed E-state index contributed by atoms with van der Waals surface area (Å²) in [6.45, 7) is 3.59. The number of aromatic amines is 1. The van der Waals surface area contributed by atoms with Crippen LogP contribution in [0.3, 0.4) is 0 Å². The number of hydrogen-bond acceptors (Lipinski definition) is 6. The molecule has 1 aliphatic rings. The van der Waals surface area contributed by atoms with E-state index in [0.717, 1.165) is 10.1 Å². The third-order valence-corrected chi connectivity index (χ3v) is 3.82. The number of H-pyrrole nitrogens is 1. The number of nitrogens with zero attached hydrogens (tertiary/aromatic N) is 2. The second kappa shape index (κ2) is 6.07. The molecule has 0 bridgehead atoms. The predicted octanol–water partition coefficient (Wildman–Crippen LogP) is 0.572. The molecule has 8 heteroatoms. The Kier molecular flexibility index (Phi) is 3.95. The Morgan fingerprint density at radius 2 is 2.00 bits per heavy atom. The summed E-state index contributed by atoms with van der Waals surface area (Å²) in [6, 6.07) is 6.41. The van der Waals surface area contributed by atoms with Gasteiger partial charge < -0.3 is 15.6 Å². The number of aromatic hydroxyl groups is 2. The summed E-state index contributed by atoms with van der Waals surface area (Å²) >= 11 is 0. The SMILES string of the molecule is C=CCn1c(O)c(C2=NNC(c3ccc(O)cc3)C2)c(=O)[nH]c1=O. The molecule has 4 N–H and O–H groups in total. The summed E-state index contributed by atoms with van der Waals surface area (Å²) in [5.74, 6) is -0.279. The van der Waals surface area contributed by atoms with Crippen LogP contribution in [0.25, 0.3) is 0 Å². The molecule has 0 fully saturated rings. The van der Waals surface area contributed by atoms with Gasteiger partial charge in [-0.25, -0.2) is 4.79 Å². The van der Waals surface area contributed by atoms with E-state index in [1.54, 1.807) is 24.3 Å². The number of aromatic nitrogens is 2. The average Bonchev–Trinajstić information content (AvgIpc) is 3.01. The van der Waals surface area contributed by atoms with Crippen molar-refractivity contribution in [3.8, 4) is 11.6 Å². The number of phenolic OH excluding ortho intramolecular Hbond substituents is 1. The summed E-state index contributed by atoms with van der Waals surface area (Å²) in [7, 11) is 0. The van der Waals surface area contributed by atoms with Gasteiger partial charge in [-0.3, -0.25) is 14.3 Å². The molecule has 0 saturated heterocycles. The Balaban J connectivity index is 1.95. The third kappa shape index (κ3) is 2.69. The highest BCUT2D eigenvalue weighted by Gasteiger charge is 2.27. The number of allylic oxidation sites excluding steroid dienone is 1. The first-order valence-electron chi connectivity index (χ1n) is 7.29. The van der Waals surface area contributed by atoms with E-state index in [4.69, 9.17) is 0 Å². The molecule has 3 rings (SSSR count). The summed E-state index contributed by atoms with van der Waals surface area (Å²) < 4.78 is 1.01. The third-order valence-electron chi connectivity index (χ3n) is 3.82. The molecular weight excluding hydrogens is 312 g/mol. The van der Waals surface area contributed by atoms with Crippen molar-refractivity contribution in [2.24, 2.45) is 5.10 Å². The van der Waals surface area contributed by atoms with Crippen LogP contribution in [-0.4, -0.2) is 25.5 Å². The zero-order valence-corrected chi connectivity index (χ0v) is 12.7. The summed E-state index contributed by atoms with van der Waals surface area (Å²) in [4.78, 5) is 26.0. The van der Waals surface area contributed by atoms with E-state index in [2.05, 4.69) is 22.1 Å². The second-order valence-corrected chi connectivity index (χ2v) is 5.39. The highest BCUT2D eigenvalue weighted by atomic mass is 16.3. The molecule has 0 amide bonds. The Bertz CT molecular complexity index is 925. The van der Waals surface area contributed by atoms with Crippen molar-refractivity contribution in [3.63, 3.8) is 0 Å². The van der Waals surface area contributed by atoms with Gasteiger partial charge in [-0.2, -0.15) is 5.10 Å². The smallest absolute Gasteiger partial charge is 0.331 e. The van der Waals surface area contributed by atoms with E-state index in [9.17, 15) is 19.8 Å². The molecule has 1 atom stereocenters. The van der Waals surface area contributed by atoms with Crippen LogP contribution in [0.15, 0.2) is 51.6 Å². The largest absolute Gasteiger partial charge is 0.508 e. The molecule has 1 unspecified atom stereocenters. The van der Waals surface area contributed by atoms with Crippen molar-refractivity contribution in [1.82, 2.24) is 15.0 Å². The number of phenols is 1. The number of benzene rings is 1. The molecule has 2 heterocycles. The first kappa shape index (κ1) is 15.6. The van der Waals surface area contributed by atoms with Gasteiger partial charge >= 0.3 is 5.69 Å². The number of hydrazone groups is 1. The molecule has 0 spiro atoms. The number of rotatable bonds is 4. The highest BCUT2D eigenvalue weighted by Crippen LogP contribution is 2.26. The van der Waals surface area contributed by atoms with Gasteiger partial charge in [0.05, 0.1) is 11.8 Å². The van der Waals surface area contributed by atoms with Crippen molar-refractivity contribution < 1.29 is 10.2 Å². The maximum Gasteiger partial charge on any atom is 0.331 e. The fourth-order valence-electron chi connectivity index (χ4n) is 2.62. The Morgan fingerprint density at radius 3 is 2.67 bits per heavy atom. The lowest BCUT2D eigenvalue weighted by Gasteiger charge is -2.11. The molecule has 24 heavy (non-hydrogen) atoms. The lowest BCUT2D eigenvalue weighted by atomic mass is 10.00. The fraction of sp³-hybridized carbons (Fsp3) is 0.188. The van der Waals surface area contributed by atoms with E-state index in [-0.39, 0.29) is 23.9 Å². The van der Waals surface area contributed by atoms with E-state index >= 15 is 0 Å². The van der Waals surface area contributed by atoms with E-state index in [0.29, 0.717) is 12.1 Å². The normalized spacial score (nSPS) is 16.5. The average molecular weight is 328 g/mol. The van der Waals surface area contributed by atoms with Crippen molar-refractivity contribution in [3.05, 3.63) is 68.9 Å². The highest BCUT2D eigenvalue weighted by molar-refractivity contribution is 6.03. The van der Waals surface area contributed by atoms with Crippen molar-refractivity contribution in [2.45, 2.75) is 19.0 Å². The van der Waals surface area contributed by atoms with Crippen LogP contribution < -0.4 is 16.7 Å². The van der Waals surface area contributed by atoms with Gasteiger partial charge in [-0.15, -0.1) is 6.58 Å².